The number of carbonyl (C=O) groups is 4. The third-order valence-electron chi connectivity index (χ3n) is 4.22. The number of carbonyl (C=O) groups excluding carboxylic acids is 4. The molecule has 1 saturated heterocycles. The van der Waals surface area contributed by atoms with Gasteiger partial charge >= 0.3 is 6.09 Å². The van der Waals surface area contributed by atoms with Crippen LogP contribution in [-0.2, 0) is 19.1 Å². The molecule has 3 amide bonds. The minimum absolute atomic E-state index is 0.125. The summed E-state index contributed by atoms with van der Waals surface area (Å²) in [5, 5.41) is 5.34. The number of amides is 3. The lowest BCUT2D eigenvalue weighted by atomic mass is 9.99. The van der Waals surface area contributed by atoms with E-state index in [-0.39, 0.29) is 36.6 Å². The highest BCUT2D eigenvalue weighted by molar-refractivity contribution is 5.95. The lowest BCUT2D eigenvalue weighted by molar-refractivity contribution is -0.134. The molecule has 1 rings (SSSR count). The first-order chi connectivity index (χ1) is 12.9. The molecule has 0 radical (unpaired) electrons. The van der Waals surface area contributed by atoms with Crippen molar-refractivity contribution in [3.8, 4) is 0 Å². The summed E-state index contributed by atoms with van der Waals surface area (Å²) in [7, 11) is 0. The van der Waals surface area contributed by atoms with Crippen LogP contribution in [0.5, 0.6) is 0 Å². The van der Waals surface area contributed by atoms with Crippen LogP contribution in [0.3, 0.4) is 0 Å². The maximum atomic E-state index is 12.9. The highest BCUT2D eigenvalue weighted by Crippen LogP contribution is 2.14. The first-order valence-electron chi connectivity index (χ1n) is 9.64. The van der Waals surface area contributed by atoms with E-state index in [1.165, 1.54) is 4.90 Å². The molecule has 1 heterocycles. The van der Waals surface area contributed by atoms with Gasteiger partial charge in [-0.25, -0.2) is 4.79 Å². The number of hydrogen-bond donors (Lipinski definition) is 2. The molecule has 158 valence electrons. The van der Waals surface area contributed by atoms with Crippen molar-refractivity contribution in [1.29, 1.82) is 0 Å². The van der Waals surface area contributed by atoms with Gasteiger partial charge < -0.3 is 20.3 Å². The van der Waals surface area contributed by atoms with E-state index in [4.69, 9.17) is 4.74 Å². The van der Waals surface area contributed by atoms with Crippen LogP contribution in [0.2, 0.25) is 0 Å². The molecule has 0 aromatic heterocycles. The Morgan fingerprint density at radius 1 is 1.36 bits per heavy atom. The second-order valence-corrected chi connectivity index (χ2v) is 8.49. The number of alkyl carbamates (subject to hydrolysis) is 1. The largest absolute Gasteiger partial charge is 0.444 e. The van der Waals surface area contributed by atoms with E-state index in [2.05, 4.69) is 17.2 Å². The van der Waals surface area contributed by atoms with Gasteiger partial charge in [-0.2, -0.15) is 0 Å². The molecule has 2 atom stereocenters. The minimum Gasteiger partial charge on any atom is -0.444 e. The highest BCUT2D eigenvalue weighted by Gasteiger charge is 2.31. The fourth-order valence-electron chi connectivity index (χ4n) is 2.94. The molecule has 0 aromatic carbocycles. The number of rotatable bonds is 9. The summed E-state index contributed by atoms with van der Waals surface area (Å²) in [6, 6.07) is -0.785. The van der Waals surface area contributed by atoms with Gasteiger partial charge in [-0.3, -0.25) is 14.4 Å². The number of hydrogen-bond acceptors (Lipinski definition) is 5. The predicted octanol–water partition coefficient (Wildman–Crippen LogP) is 1.65. The van der Waals surface area contributed by atoms with Gasteiger partial charge in [0.1, 0.15) is 5.60 Å². The van der Waals surface area contributed by atoms with E-state index in [1.54, 1.807) is 20.8 Å². The van der Waals surface area contributed by atoms with Crippen LogP contribution >= 0.6 is 0 Å². The molecule has 1 aliphatic heterocycles. The van der Waals surface area contributed by atoms with Crippen LogP contribution in [0, 0.1) is 11.8 Å². The summed E-state index contributed by atoms with van der Waals surface area (Å²) in [6.45, 7) is 13.1. The van der Waals surface area contributed by atoms with Gasteiger partial charge in [0.15, 0.2) is 5.78 Å². The molecule has 1 fully saturated rings. The van der Waals surface area contributed by atoms with Crippen LogP contribution in [-0.4, -0.2) is 59.9 Å². The molecule has 0 spiro atoms. The Labute approximate surface area is 167 Å². The molecule has 0 unspecified atom stereocenters. The zero-order chi connectivity index (χ0) is 21.5. The molecule has 0 bridgehead atoms. The lowest BCUT2D eigenvalue weighted by Crippen LogP contribution is -2.49. The van der Waals surface area contributed by atoms with Crippen molar-refractivity contribution in [2.75, 3.05) is 19.6 Å². The summed E-state index contributed by atoms with van der Waals surface area (Å²) in [5.74, 6) is -1.06. The van der Waals surface area contributed by atoms with E-state index in [0.717, 1.165) is 6.08 Å². The molecule has 1 aliphatic rings. The van der Waals surface area contributed by atoms with Gasteiger partial charge in [0.25, 0.3) is 0 Å². The average molecular weight is 396 g/mol. The first-order valence-corrected chi connectivity index (χ1v) is 9.64. The first kappa shape index (κ1) is 23.7. The van der Waals surface area contributed by atoms with Crippen molar-refractivity contribution in [2.45, 2.75) is 59.1 Å². The predicted molar refractivity (Wildman–Crippen MR) is 106 cm³/mol. The SMILES string of the molecule is C=CC(=O)N(CC(=O)[C@H](CC(C)C)NC(=O)OC(C)(C)C)C[C@@H]1CCNC1=O. The summed E-state index contributed by atoms with van der Waals surface area (Å²) in [5.41, 5.74) is -0.684. The van der Waals surface area contributed by atoms with Crippen molar-refractivity contribution >= 4 is 23.7 Å². The van der Waals surface area contributed by atoms with Crippen molar-refractivity contribution in [1.82, 2.24) is 15.5 Å². The van der Waals surface area contributed by atoms with Crippen LogP contribution in [0.1, 0.15) is 47.5 Å². The van der Waals surface area contributed by atoms with Crippen molar-refractivity contribution < 1.29 is 23.9 Å². The fraction of sp³-hybridized carbons (Fsp3) is 0.700. The molecule has 28 heavy (non-hydrogen) atoms. The summed E-state index contributed by atoms with van der Waals surface area (Å²) < 4.78 is 5.24. The Morgan fingerprint density at radius 2 is 2.00 bits per heavy atom. The van der Waals surface area contributed by atoms with Gasteiger partial charge in [-0.05, 0) is 45.6 Å². The second-order valence-electron chi connectivity index (χ2n) is 8.49. The Kier molecular flexibility index (Phi) is 8.65. The Morgan fingerprint density at radius 3 is 2.46 bits per heavy atom. The standard InChI is InChI=1S/C20H33N3O5/c1-7-17(25)23(11-14-8-9-21-18(14)26)12-16(24)15(10-13(2)3)22-19(27)28-20(4,5)6/h7,13-15H,1,8-12H2,2-6H3,(H,21,26)(H,22,27)/t14-,15-/m0/s1. The number of ketones is 1. The van der Waals surface area contributed by atoms with Gasteiger partial charge in [0.05, 0.1) is 18.5 Å². The molecular formula is C20H33N3O5. The zero-order valence-corrected chi connectivity index (χ0v) is 17.5. The Bertz CT molecular complexity index is 609. The van der Waals surface area contributed by atoms with Crippen LogP contribution in [0.15, 0.2) is 12.7 Å². The topological polar surface area (TPSA) is 105 Å². The van der Waals surface area contributed by atoms with Crippen LogP contribution < -0.4 is 10.6 Å². The van der Waals surface area contributed by atoms with E-state index in [1.807, 2.05) is 13.8 Å². The second kappa shape index (κ2) is 10.2. The monoisotopic (exact) mass is 395 g/mol. The van der Waals surface area contributed by atoms with Gasteiger partial charge in [-0.15, -0.1) is 0 Å². The van der Waals surface area contributed by atoms with Crippen molar-refractivity contribution in [3.05, 3.63) is 12.7 Å². The van der Waals surface area contributed by atoms with Crippen LogP contribution in [0.25, 0.3) is 0 Å². The van der Waals surface area contributed by atoms with Crippen molar-refractivity contribution in [3.63, 3.8) is 0 Å². The quantitative estimate of drug-likeness (QED) is 0.578. The molecule has 0 aromatic rings. The highest BCUT2D eigenvalue weighted by atomic mass is 16.6. The molecule has 0 saturated carbocycles. The summed E-state index contributed by atoms with van der Waals surface area (Å²) in [4.78, 5) is 50.3. The van der Waals surface area contributed by atoms with Gasteiger partial charge in [0, 0.05) is 13.1 Å². The molecule has 0 aliphatic carbocycles. The Hall–Kier alpha value is -2.38. The third-order valence-corrected chi connectivity index (χ3v) is 4.22. The fourth-order valence-corrected chi connectivity index (χ4v) is 2.94. The number of ether oxygens (including phenoxy) is 1. The molecule has 8 heteroatoms. The molecule has 2 N–H and O–H groups in total. The smallest absolute Gasteiger partial charge is 0.408 e. The van der Waals surface area contributed by atoms with Crippen LogP contribution in [0.4, 0.5) is 4.79 Å². The maximum absolute atomic E-state index is 12.9. The minimum atomic E-state index is -0.785. The van der Waals surface area contributed by atoms with Gasteiger partial charge in [0.2, 0.25) is 11.8 Å². The normalized spacial score (nSPS) is 17.6. The average Bonchev–Trinajstić information content (AvgIpc) is 2.95. The zero-order valence-electron chi connectivity index (χ0n) is 17.5. The maximum Gasteiger partial charge on any atom is 0.408 e. The molecular weight excluding hydrogens is 362 g/mol. The number of Topliss-reactive ketones (excluding diaryl/α,β-unsaturated/α-hetero) is 1. The summed E-state index contributed by atoms with van der Waals surface area (Å²) >= 11 is 0. The number of nitrogens with zero attached hydrogens (tertiary/aromatic N) is 1. The van der Waals surface area contributed by atoms with E-state index < -0.39 is 23.6 Å². The number of nitrogens with one attached hydrogen (secondary N) is 2. The van der Waals surface area contributed by atoms with Crippen molar-refractivity contribution in [2.24, 2.45) is 11.8 Å². The van der Waals surface area contributed by atoms with E-state index in [0.29, 0.717) is 19.4 Å². The molecule has 8 nitrogen and oxygen atoms in total. The van der Waals surface area contributed by atoms with Gasteiger partial charge in [-0.1, -0.05) is 20.4 Å². The summed E-state index contributed by atoms with van der Waals surface area (Å²) in [6.07, 6.45) is 1.47. The van der Waals surface area contributed by atoms with E-state index >= 15 is 0 Å². The van der Waals surface area contributed by atoms with E-state index in [9.17, 15) is 19.2 Å². The third kappa shape index (κ3) is 8.10. The Balaban J connectivity index is 2.85. The lowest BCUT2D eigenvalue weighted by Gasteiger charge is -2.27.